The number of aromatic hydroxyl groups is 1. The summed E-state index contributed by atoms with van der Waals surface area (Å²) in [5, 5.41) is 21.6. The van der Waals surface area contributed by atoms with Crippen LogP contribution in [0.3, 0.4) is 0 Å². The Balaban J connectivity index is 0.000000290. The molecule has 3 aromatic rings. The molecule has 0 bridgehead atoms. The van der Waals surface area contributed by atoms with Crippen LogP contribution in [0, 0.1) is 5.82 Å². The molecule has 0 spiro atoms. The van der Waals surface area contributed by atoms with Crippen molar-refractivity contribution in [2.24, 2.45) is 5.73 Å². The van der Waals surface area contributed by atoms with E-state index < -0.39 is 6.10 Å². The van der Waals surface area contributed by atoms with E-state index in [4.69, 9.17) is 10.8 Å². The fourth-order valence-electron chi connectivity index (χ4n) is 3.20. The van der Waals surface area contributed by atoms with Crippen LogP contribution in [0.25, 0.3) is 22.2 Å². The van der Waals surface area contributed by atoms with Crippen molar-refractivity contribution in [3.05, 3.63) is 53.8 Å². The topological polar surface area (TPSA) is 128 Å². The summed E-state index contributed by atoms with van der Waals surface area (Å²) < 4.78 is 13.1. The number of aromatic amines is 1. The summed E-state index contributed by atoms with van der Waals surface area (Å²) in [6.45, 7) is 0.429. The number of benzene rings is 2. The van der Waals surface area contributed by atoms with Crippen LogP contribution < -0.4 is 11.1 Å². The highest BCUT2D eigenvalue weighted by Gasteiger charge is 2.17. The number of carbonyl (C=O) groups is 2. The van der Waals surface area contributed by atoms with Gasteiger partial charge in [0.2, 0.25) is 11.8 Å². The van der Waals surface area contributed by atoms with Gasteiger partial charge in [-0.05, 0) is 53.9 Å². The summed E-state index contributed by atoms with van der Waals surface area (Å²) in [4.78, 5) is 24.5. The number of primary amides is 1. The van der Waals surface area contributed by atoms with E-state index in [1.807, 2.05) is 0 Å². The van der Waals surface area contributed by atoms with Crippen LogP contribution in [0.5, 0.6) is 5.75 Å². The van der Waals surface area contributed by atoms with Crippen molar-refractivity contribution in [3.63, 3.8) is 0 Å². The number of aryl methyl sites for hydroxylation is 1. The third kappa shape index (κ3) is 5.11. The molecule has 29 heavy (non-hydrogen) atoms. The van der Waals surface area contributed by atoms with Crippen molar-refractivity contribution in [1.29, 1.82) is 0 Å². The van der Waals surface area contributed by atoms with E-state index >= 15 is 0 Å². The number of nitrogens with two attached hydrogens (primary N) is 1. The predicted molar refractivity (Wildman–Crippen MR) is 107 cm³/mol. The molecule has 1 saturated heterocycles. The molecular weight excluding hydrogens is 377 g/mol. The molecule has 1 atom stereocenters. The SMILES string of the molecule is NC(=O)CCc1c(-c2ccc(F)cc2)[nH]c2cc(O)ccc12.O=C1CC(O)CN1. The Hall–Kier alpha value is -3.39. The van der Waals surface area contributed by atoms with Crippen molar-refractivity contribution in [2.75, 3.05) is 6.54 Å². The lowest BCUT2D eigenvalue weighted by atomic mass is 10.0. The van der Waals surface area contributed by atoms with Crippen molar-refractivity contribution >= 4 is 22.7 Å². The Labute approximate surface area is 166 Å². The first-order valence-electron chi connectivity index (χ1n) is 9.16. The van der Waals surface area contributed by atoms with Crippen molar-refractivity contribution < 1.29 is 24.2 Å². The standard InChI is InChI=1S/C17H15FN2O2.C4H7NO2/c18-11-3-1-10(2-4-11)17-14(7-8-16(19)22)13-6-5-12(21)9-15(13)20-17;6-3-1-4(7)5-2-3/h1-6,9,20-21H,7-8H2,(H2,19,22);3,6H,1-2H2,(H,5,7). The molecule has 2 aromatic carbocycles. The van der Waals surface area contributed by atoms with Gasteiger partial charge in [-0.25, -0.2) is 4.39 Å². The number of phenols is 1. The van der Waals surface area contributed by atoms with Gasteiger partial charge in [-0.1, -0.05) is 0 Å². The number of aromatic nitrogens is 1. The lowest BCUT2D eigenvalue weighted by Gasteiger charge is -2.04. The van der Waals surface area contributed by atoms with E-state index in [1.165, 1.54) is 12.1 Å². The van der Waals surface area contributed by atoms with E-state index in [2.05, 4.69) is 10.3 Å². The van der Waals surface area contributed by atoms with Crippen LogP contribution in [0.15, 0.2) is 42.5 Å². The number of hydrogen-bond acceptors (Lipinski definition) is 4. The van der Waals surface area contributed by atoms with Gasteiger partial charge in [-0.3, -0.25) is 9.59 Å². The van der Waals surface area contributed by atoms with Gasteiger partial charge in [-0.2, -0.15) is 0 Å². The zero-order valence-electron chi connectivity index (χ0n) is 15.6. The van der Waals surface area contributed by atoms with Crippen LogP contribution in [0.2, 0.25) is 0 Å². The molecule has 0 saturated carbocycles. The maximum Gasteiger partial charge on any atom is 0.222 e. The minimum absolute atomic E-state index is 0.0486. The Morgan fingerprint density at radius 3 is 2.48 bits per heavy atom. The maximum absolute atomic E-state index is 13.1. The normalized spacial score (nSPS) is 15.7. The molecule has 2 heterocycles. The van der Waals surface area contributed by atoms with Crippen LogP contribution in [0.1, 0.15) is 18.4 Å². The molecule has 8 heteroatoms. The second-order valence-corrected chi connectivity index (χ2v) is 6.84. The van der Waals surface area contributed by atoms with E-state index in [0.717, 1.165) is 27.7 Å². The summed E-state index contributed by atoms with van der Waals surface area (Å²) in [6, 6.07) is 11.1. The number of β-amino-alcohol motifs (C(OH)–C–C–N with tert-alkyl or cyclic N) is 1. The molecular formula is C21H22FN3O4. The Kier molecular flexibility index (Phi) is 6.13. The van der Waals surface area contributed by atoms with E-state index in [-0.39, 0.29) is 36.2 Å². The van der Waals surface area contributed by atoms with Gasteiger partial charge in [0.25, 0.3) is 0 Å². The number of halogens is 1. The summed E-state index contributed by atoms with van der Waals surface area (Å²) in [5.41, 5.74) is 8.56. The number of amides is 2. The average Bonchev–Trinajstić information content (AvgIpc) is 3.22. The predicted octanol–water partition coefficient (Wildman–Crippen LogP) is 1.96. The number of phenolic OH excluding ortho intramolecular Hbond substituents is 1. The smallest absolute Gasteiger partial charge is 0.222 e. The molecule has 152 valence electrons. The summed E-state index contributed by atoms with van der Waals surface area (Å²) >= 11 is 0. The fraction of sp³-hybridized carbons (Fsp3) is 0.238. The largest absolute Gasteiger partial charge is 0.508 e. The van der Waals surface area contributed by atoms with Gasteiger partial charge in [0.1, 0.15) is 11.6 Å². The van der Waals surface area contributed by atoms with E-state index in [0.29, 0.717) is 13.0 Å². The third-order valence-electron chi connectivity index (χ3n) is 4.60. The lowest BCUT2D eigenvalue weighted by Crippen LogP contribution is -2.14. The molecule has 1 fully saturated rings. The summed E-state index contributed by atoms with van der Waals surface area (Å²) in [5.74, 6) is -0.581. The molecule has 6 N–H and O–H groups in total. The minimum Gasteiger partial charge on any atom is -0.508 e. The molecule has 0 aliphatic carbocycles. The molecule has 1 aliphatic rings. The Morgan fingerprint density at radius 1 is 1.21 bits per heavy atom. The monoisotopic (exact) mass is 399 g/mol. The van der Waals surface area contributed by atoms with Gasteiger partial charge in [0.05, 0.1) is 12.5 Å². The lowest BCUT2D eigenvalue weighted by molar-refractivity contribution is -0.119. The number of fused-ring (bicyclic) bond motifs is 1. The quantitative estimate of drug-likeness (QED) is 0.459. The summed E-state index contributed by atoms with van der Waals surface area (Å²) in [7, 11) is 0. The second-order valence-electron chi connectivity index (χ2n) is 6.84. The van der Waals surface area contributed by atoms with Crippen LogP contribution in [-0.2, 0) is 16.0 Å². The molecule has 0 radical (unpaired) electrons. The number of nitrogens with one attached hydrogen (secondary N) is 2. The van der Waals surface area contributed by atoms with Gasteiger partial charge >= 0.3 is 0 Å². The molecule has 1 unspecified atom stereocenters. The fourth-order valence-corrected chi connectivity index (χ4v) is 3.20. The number of aliphatic hydroxyl groups excluding tert-OH is 1. The van der Waals surface area contributed by atoms with Crippen molar-refractivity contribution in [2.45, 2.75) is 25.4 Å². The third-order valence-corrected chi connectivity index (χ3v) is 4.60. The van der Waals surface area contributed by atoms with Crippen LogP contribution in [-0.4, -0.2) is 39.7 Å². The number of H-pyrrole nitrogens is 1. The van der Waals surface area contributed by atoms with Gasteiger partial charge in [0.15, 0.2) is 0 Å². The summed E-state index contributed by atoms with van der Waals surface area (Å²) in [6.07, 6.45) is 0.543. The average molecular weight is 399 g/mol. The Bertz CT molecular complexity index is 1030. The number of carbonyl (C=O) groups excluding carboxylic acids is 2. The molecule has 1 aromatic heterocycles. The highest BCUT2D eigenvalue weighted by molar-refractivity contribution is 5.92. The zero-order chi connectivity index (χ0) is 21.0. The van der Waals surface area contributed by atoms with Gasteiger partial charge in [-0.15, -0.1) is 0 Å². The van der Waals surface area contributed by atoms with Crippen LogP contribution >= 0.6 is 0 Å². The second kappa shape index (κ2) is 8.74. The first kappa shape index (κ1) is 20.3. The molecule has 2 amide bonds. The molecule has 4 rings (SSSR count). The van der Waals surface area contributed by atoms with Gasteiger partial charge in [0, 0.05) is 35.6 Å². The van der Waals surface area contributed by atoms with E-state index in [1.54, 1.807) is 30.3 Å². The molecule has 7 nitrogen and oxygen atoms in total. The highest BCUT2D eigenvalue weighted by Crippen LogP contribution is 2.33. The first-order chi connectivity index (χ1) is 13.8. The number of hydrogen-bond donors (Lipinski definition) is 5. The molecule has 1 aliphatic heterocycles. The first-order valence-corrected chi connectivity index (χ1v) is 9.16. The zero-order valence-corrected chi connectivity index (χ0v) is 15.6. The maximum atomic E-state index is 13.1. The number of aliphatic hydroxyl groups is 1. The Morgan fingerprint density at radius 2 is 1.93 bits per heavy atom. The van der Waals surface area contributed by atoms with Gasteiger partial charge < -0.3 is 26.2 Å². The number of rotatable bonds is 4. The van der Waals surface area contributed by atoms with E-state index in [9.17, 15) is 19.1 Å². The van der Waals surface area contributed by atoms with Crippen LogP contribution in [0.4, 0.5) is 4.39 Å². The van der Waals surface area contributed by atoms with Crippen molar-refractivity contribution in [1.82, 2.24) is 10.3 Å². The minimum atomic E-state index is -0.438. The van der Waals surface area contributed by atoms with Crippen molar-refractivity contribution in [3.8, 4) is 17.0 Å². The highest BCUT2D eigenvalue weighted by atomic mass is 19.1.